The molecule has 228 valence electrons. The lowest BCUT2D eigenvalue weighted by atomic mass is 9.95. The number of nitrogens with zero attached hydrogens (tertiary/aromatic N) is 4. The lowest BCUT2D eigenvalue weighted by Crippen LogP contribution is -2.30. The van der Waals surface area contributed by atoms with Crippen molar-refractivity contribution in [3.8, 4) is 16.8 Å². The number of carbonyl (C=O) groups excluding carboxylic acids is 3. The third-order valence-electron chi connectivity index (χ3n) is 7.31. The van der Waals surface area contributed by atoms with Crippen LogP contribution in [0.1, 0.15) is 54.1 Å². The maximum Gasteiger partial charge on any atom is 0.413 e. The molecule has 2 aromatic carbocycles. The van der Waals surface area contributed by atoms with E-state index < -0.39 is 30.7 Å². The standard InChI is InChI=1S/C30H28ClF2N7O4/c1-16-5-3-7-22(36-29(42)27-17(2)40(39-38-27)25-8-4-6-21(31)26(25)33)24-13-18(11-12-34-24)20-10-9-19(35-30(43)44-15-32)14-23(20)37-28(16)41/h4,6,8-14,16,22H,3,5,7,15H2,1-2H3,(H,35,43)(H,36,42)(H,37,41)/t16-,22+/m1/s1. The van der Waals surface area contributed by atoms with Crippen molar-refractivity contribution in [2.45, 2.75) is 39.2 Å². The zero-order valence-corrected chi connectivity index (χ0v) is 24.5. The molecule has 3 N–H and O–H groups in total. The summed E-state index contributed by atoms with van der Waals surface area (Å²) in [6.45, 7) is 2.12. The Labute approximate surface area is 256 Å². The SMILES string of the molecule is Cc1c(C(=O)N[C@H]2CCC[C@@H](C)C(=O)Nc3cc(NC(=O)OCF)ccc3-c3ccnc2c3)nnn1-c1cccc(Cl)c1F. The predicted molar refractivity (Wildman–Crippen MR) is 159 cm³/mol. The summed E-state index contributed by atoms with van der Waals surface area (Å²) in [6, 6.07) is 12.3. The minimum atomic E-state index is -1.28. The number of pyridine rings is 1. The van der Waals surface area contributed by atoms with Crippen molar-refractivity contribution >= 4 is 40.9 Å². The van der Waals surface area contributed by atoms with Gasteiger partial charge in [0.1, 0.15) is 5.69 Å². The molecule has 11 nitrogen and oxygen atoms in total. The van der Waals surface area contributed by atoms with E-state index in [1.807, 2.05) is 0 Å². The molecule has 0 saturated carbocycles. The summed E-state index contributed by atoms with van der Waals surface area (Å²) in [7, 11) is 0. The van der Waals surface area contributed by atoms with Crippen LogP contribution in [-0.4, -0.2) is 44.7 Å². The summed E-state index contributed by atoms with van der Waals surface area (Å²) in [5, 5.41) is 16.3. The highest BCUT2D eigenvalue weighted by Crippen LogP contribution is 2.34. The second kappa shape index (κ2) is 13.2. The first-order chi connectivity index (χ1) is 21.2. The minimum absolute atomic E-state index is 0.0102. The zero-order valence-electron chi connectivity index (χ0n) is 23.7. The Bertz CT molecular complexity index is 1730. The van der Waals surface area contributed by atoms with E-state index in [4.69, 9.17) is 11.6 Å². The van der Waals surface area contributed by atoms with E-state index in [1.165, 1.54) is 16.8 Å². The number of rotatable bonds is 5. The molecule has 14 heteroatoms. The normalized spacial score (nSPS) is 16.5. The zero-order chi connectivity index (χ0) is 31.4. The molecule has 0 aliphatic carbocycles. The van der Waals surface area contributed by atoms with Gasteiger partial charge in [0.05, 0.1) is 28.1 Å². The van der Waals surface area contributed by atoms with Crippen molar-refractivity contribution in [2.75, 3.05) is 17.5 Å². The molecule has 1 aliphatic rings. The van der Waals surface area contributed by atoms with E-state index in [2.05, 4.69) is 36.0 Å². The van der Waals surface area contributed by atoms with Crippen LogP contribution in [-0.2, 0) is 9.53 Å². The number of aromatic nitrogens is 4. The van der Waals surface area contributed by atoms with Gasteiger partial charge in [-0.15, -0.1) is 5.10 Å². The van der Waals surface area contributed by atoms with Crippen molar-refractivity contribution in [3.05, 3.63) is 82.6 Å². The lowest BCUT2D eigenvalue weighted by molar-refractivity contribution is -0.119. The number of hydrogen-bond donors (Lipinski definition) is 3. The minimum Gasteiger partial charge on any atom is -0.417 e. The van der Waals surface area contributed by atoms with Gasteiger partial charge >= 0.3 is 6.09 Å². The number of carbonyl (C=O) groups is 3. The second-order valence-electron chi connectivity index (χ2n) is 10.3. The molecule has 0 radical (unpaired) electrons. The number of fused-ring (bicyclic) bond motifs is 4. The van der Waals surface area contributed by atoms with Crippen LogP contribution in [0.15, 0.2) is 54.7 Å². The number of benzene rings is 2. The molecule has 0 spiro atoms. The quantitative estimate of drug-likeness (QED) is 0.243. The first-order valence-corrected chi connectivity index (χ1v) is 14.1. The smallest absolute Gasteiger partial charge is 0.413 e. The monoisotopic (exact) mass is 623 g/mol. The topological polar surface area (TPSA) is 140 Å². The van der Waals surface area contributed by atoms with Gasteiger partial charge in [0, 0.05) is 23.4 Å². The van der Waals surface area contributed by atoms with Gasteiger partial charge in [-0.3, -0.25) is 19.9 Å². The van der Waals surface area contributed by atoms with E-state index in [-0.39, 0.29) is 28.2 Å². The fourth-order valence-corrected chi connectivity index (χ4v) is 5.12. The number of hydrogen-bond acceptors (Lipinski definition) is 7. The molecule has 2 aromatic heterocycles. The van der Waals surface area contributed by atoms with Gasteiger partial charge in [-0.2, -0.15) is 0 Å². The van der Waals surface area contributed by atoms with Gasteiger partial charge in [0.15, 0.2) is 11.5 Å². The Morgan fingerprint density at radius 1 is 1.18 bits per heavy atom. The number of halogens is 3. The average molecular weight is 624 g/mol. The molecule has 2 bridgehead atoms. The molecule has 4 aromatic rings. The largest absolute Gasteiger partial charge is 0.417 e. The summed E-state index contributed by atoms with van der Waals surface area (Å²) in [5.74, 6) is -1.82. The number of nitrogens with one attached hydrogen (secondary N) is 3. The number of amides is 3. The van der Waals surface area contributed by atoms with Gasteiger partial charge in [-0.05, 0) is 61.7 Å². The van der Waals surface area contributed by atoms with Crippen LogP contribution in [0.4, 0.5) is 25.0 Å². The summed E-state index contributed by atoms with van der Waals surface area (Å²) in [6.07, 6.45) is 2.18. The molecule has 0 saturated heterocycles. The second-order valence-corrected chi connectivity index (χ2v) is 10.7. The van der Waals surface area contributed by atoms with Gasteiger partial charge in [-0.25, -0.2) is 18.3 Å². The highest BCUT2D eigenvalue weighted by Gasteiger charge is 2.25. The third-order valence-corrected chi connectivity index (χ3v) is 7.60. The van der Waals surface area contributed by atoms with Gasteiger partial charge in [0.2, 0.25) is 12.8 Å². The average Bonchev–Trinajstić information content (AvgIpc) is 3.38. The highest BCUT2D eigenvalue weighted by atomic mass is 35.5. The van der Waals surface area contributed by atoms with Crippen LogP contribution in [0.2, 0.25) is 5.02 Å². The van der Waals surface area contributed by atoms with Crippen molar-refractivity contribution in [1.29, 1.82) is 0 Å². The van der Waals surface area contributed by atoms with Crippen molar-refractivity contribution in [2.24, 2.45) is 5.92 Å². The van der Waals surface area contributed by atoms with E-state index in [1.54, 1.807) is 56.4 Å². The van der Waals surface area contributed by atoms with Crippen LogP contribution in [0.25, 0.3) is 16.8 Å². The van der Waals surface area contributed by atoms with Crippen LogP contribution in [0, 0.1) is 18.7 Å². The first-order valence-electron chi connectivity index (χ1n) is 13.7. The van der Waals surface area contributed by atoms with Crippen LogP contribution >= 0.6 is 11.6 Å². The van der Waals surface area contributed by atoms with E-state index >= 15 is 0 Å². The Morgan fingerprint density at radius 2 is 2.00 bits per heavy atom. The molecule has 44 heavy (non-hydrogen) atoms. The molecule has 3 amide bonds. The predicted octanol–water partition coefficient (Wildman–Crippen LogP) is 6.14. The molecule has 5 rings (SSSR count). The summed E-state index contributed by atoms with van der Waals surface area (Å²) in [5.41, 5.74) is 2.99. The van der Waals surface area contributed by atoms with Gasteiger partial charge in [-0.1, -0.05) is 42.3 Å². The summed E-state index contributed by atoms with van der Waals surface area (Å²) < 4.78 is 32.6. The lowest BCUT2D eigenvalue weighted by Gasteiger charge is -2.22. The van der Waals surface area contributed by atoms with Crippen molar-refractivity contribution in [1.82, 2.24) is 25.3 Å². The van der Waals surface area contributed by atoms with E-state index in [0.717, 1.165) is 0 Å². The molecule has 2 atom stereocenters. The Morgan fingerprint density at radius 3 is 2.80 bits per heavy atom. The van der Waals surface area contributed by atoms with Gasteiger partial charge < -0.3 is 15.4 Å². The van der Waals surface area contributed by atoms with Gasteiger partial charge in [0.25, 0.3) is 5.91 Å². The van der Waals surface area contributed by atoms with E-state index in [0.29, 0.717) is 53.2 Å². The van der Waals surface area contributed by atoms with Crippen molar-refractivity contribution in [3.63, 3.8) is 0 Å². The molecular formula is C30H28ClF2N7O4. The fraction of sp³-hybridized carbons (Fsp3) is 0.267. The maximum absolute atomic E-state index is 14.7. The van der Waals surface area contributed by atoms with Crippen LogP contribution in [0.3, 0.4) is 0 Å². The number of anilines is 2. The number of ether oxygens (including phenoxy) is 1. The van der Waals surface area contributed by atoms with Crippen LogP contribution in [0.5, 0.6) is 0 Å². The molecule has 3 heterocycles. The Kier molecular flexibility index (Phi) is 9.14. The molecule has 0 unspecified atom stereocenters. The first kappa shape index (κ1) is 30.5. The molecular weight excluding hydrogens is 596 g/mol. The van der Waals surface area contributed by atoms with Crippen molar-refractivity contribution < 1.29 is 27.9 Å². The van der Waals surface area contributed by atoms with Crippen LogP contribution < -0.4 is 16.0 Å². The molecule has 0 fully saturated rings. The maximum atomic E-state index is 14.7. The molecule has 1 aliphatic heterocycles. The highest BCUT2D eigenvalue weighted by molar-refractivity contribution is 6.30. The Hall–Kier alpha value is -4.91. The third kappa shape index (κ3) is 6.52. The van der Waals surface area contributed by atoms with E-state index in [9.17, 15) is 23.2 Å². The fourth-order valence-electron chi connectivity index (χ4n) is 4.95. The summed E-state index contributed by atoms with van der Waals surface area (Å²) >= 11 is 5.93. The number of alkyl halides is 1. The Balaban J connectivity index is 1.47. The summed E-state index contributed by atoms with van der Waals surface area (Å²) in [4.78, 5) is 42.9.